The van der Waals surface area contributed by atoms with Crippen LogP contribution in [0.1, 0.15) is 5.56 Å². The van der Waals surface area contributed by atoms with Crippen LogP contribution in [0, 0.1) is 10.1 Å². The second-order valence-corrected chi connectivity index (χ2v) is 5.00. The summed E-state index contributed by atoms with van der Waals surface area (Å²) in [5, 5.41) is 34.4. The van der Waals surface area contributed by atoms with E-state index in [0.717, 1.165) is 10.8 Å². The Morgan fingerprint density at radius 2 is 2.16 bits per heavy atom. The third-order valence-corrected chi connectivity index (χ3v) is 3.45. The lowest BCUT2D eigenvalue weighted by molar-refractivity contribution is -0.386. The molecule has 2 aromatic carbocycles. The molecule has 0 bridgehead atoms. The van der Waals surface area contributed by atoms with Gasteiger partial charge in [0, 0.05) is 22.4 Å². The van der Waals surface area contributed by atoms with E-state index in [1.54, 1.807) is 6.20 Å². The summed E-state index contributed by atoms with van der Waals surface area (Å²) in [7, 11) is 1.31. The van der Waals surface area contributed by atoms with E-state index in [0.29, 0.717) is 11.4 Å². The van der Waals surface area contributed by atoms with Crippen LogP contribution in [0.4, 0.5) is 11.5 Å². The van der Waals surface area contributed by atoms with Crippen LogP contribution in [0.3, 0.4) is 0 Å². The lowest BCUT2D eigenvalue weighted by Crippen LogP contribution is -1.98. The first kappa shape index (κ1) is 16.1. The lowest BCUT2D eigenvalue weighted by atomic mass is 10.2. The Kier molecular flexibility index (Phi) is 4.38. The zero-order valence-corrected chi connectivity index (χ0v) is 13.1. The first-order valence-corrected chi connectivity index (χ1v) is 7.15. The molecule has 126 valence electrons. The zero-order chi connectivity index (χ0) is 17.8. The number of nitro benzene ring substituents is 1. The van der Waals surface area contributed by atoms with Gasteiger partial charge in [-0.2, -0.15) is 10.2 Å². The third-order valence-electron chi connectivity index (χ3n) is 3.45. The van der Waals surface area contributed by atoms with Gasteiger partial charge in [-0.1, -0.05) is 24.3 Å². The van der Waals surface area contributed by atoms with Gasteiger partial charge in [0.15, 0.2) is 11.6 Å². The van der Waals surface area contributed by atoms with Gasteiger partial charge in [-0.25, -0.2) is 0 Å². The molecule has 0 amide bonds. The molecule has 25 heavy (non-hydrogen) atoms. The van der Waals surface area contributed by atoms with E-state index in [1.807, 2.05) is 24.3 Å². The van der Waals surface area contributed by atoms with E-state index in [4.69, 9.17) is 4.74 Å². The number of anilines is 1. The Hall–Kier alpha value is -3.75. The molecule has 3 rings (SSSR count). The Bertz CT molecular complexity index is 969. The van der Waals surface area contributed by atoms with E-state index in [2.05, 4.69) is 20.7 Å². The van der Waals surface area contributed by atoms with Gasteiger partial charge in [-0.05, 0) is 6.07 Å². The van der Waals surface area contributed by atoms with Crippen LogP contribution in [-0.4, -0.2) is 33.6 Å². The first-order chi connectivity index (χ1) is 12.1. The van der Waals surface area contributed by atoms with Crippen molar-refractivity contribution in [1.82, 2.24) is 10.2 Å². The van der Waals surface area contributed by atoms with Crippen molar-refractivity contribution in [1.29, 1.82) is 0 Å². The van der Waals surface area contributed by atoms with Crippen molar-refractivity contribution < 1.29 is 14.8 Å². The molecule has 0 saturated carbocycles. The number of nitrogens with one attached hydrogen (secondary N) is 1. The Morgan fingerprint density at radius 3 is 2.92 bits per heavy atom. The summed E-state index contributed by atoms with van der Waals surface area (Å²) in [6.07, 6.45) is 3.00. The number of hydrazone groups is 1. The van der Waals surface area contributed by atoms with Crippen molar-refractivity contribution >= 4 is 28.5 Å². The number of rotatable bonds is 5. The summed E-state index contributed by atoms with van der Waals surface area (Å²) in [5.41, 5.74) is 2.67. The Balaban J connectivity index is 1.89. The van der Waals surface area contributed by atoms with Crippen LogP contribution in [0.2, 0.25) is 0 Å². The maximum absolute atomic E-state index is 11.0. The number of fused-ring (bicyclic) bond motifs is 1. The summed E-state index contributed by atoms with van der Waals surface area (Å²) in [4.78, 5) is 10.3. The second-order valence-electron chi connectivity index (χ2n) is 5.00. The normalized spacial score (nSPS) is 10.9. The highest BCUT2D eigenvalue weighted by Gasteiger charge is 2.19. The minimum Gasteiger partial charge on any atom is -0.500 e. The molecule has 0 saturated heterocycles. The fraction of sp³-hybridized carbons (Fsp3) is 0.0625. The van der Waals surface area contributed by atoms with Crippen molar-refractivity contribution in [3.8, 4) is 11.5 Å². The number of ether oxygens (including phenoxy) is 1. The topological polar surface area (TPSA) is 123 Å². The molecule has 2 N–H and O–H groups in total. The molecule has 1 aromatic heterocycles. The highest BCUT2D eigenvalue weighted by atomic mass is 16.6. The molecule has 9 heteroatoms. The van der Waals surface area contributed by atoms with Gasteiger partial charge in [-0.3, -0.25) is 15.5 Å². The monoisotopic (exact) mass is 339 g/mol. The largest absolute Gasteiger partial charge is 0.500 e. The predicted molar refractivity (Wildman–Crippen MR) is 92.1 cm³/mol. The van der Waals surface area contributed by atoms with Gasteiger partial charge in [0.1, 0.15) is 0 Å². The van der Waals surface area contributed by atoms with E-state index in [9.17, 15) is 15.2 Å². The minimum absolute atomic E-state index is 0.0133. The Labute approximate surface area is 141 Å². The predicted octanol–water partition coefficient (Wildman–Crippen LogP) is 2.70. The number of hydrogen-bond acceptors (Lipinski definition) is 8. The molecular formula is C16H13N5O4. The molecule has 0 spiro atoms. The van der Waals surface area contributed by atoms with E-state index in [-0.39, 0.29) is 5.75 Å². The molecule has 3 aromatic rings. The molecule has 0 radical (unpaired) electrons. The maximum atomic E-state index is 11.0. The summed E-state index contributed by atoms with van der Waals surface area (Å²) in [6, 6.07) is 10.1. The van der Waals surface area contributed by atoms with Gasteiger partial charge in [0.2, 0.25) is 5.75 Å². The van der Waals surface area contributed by atoms with Crippen LogP contribution in [-0.2, 0) is 0 Å². The number of hydrogen-bond donors (Lipinski definition) is 2. The van der Waals surface area contributed by atoms with Gasteiger partial charge in [0.05, 0.1) is 24.4 Å². The van der Waals surface area contributed by atoms with Gasteiger partial charge in [-0.15, -0.1) is 5.10 Å². The third kappa shape index (κ3) is 3.29. The van der Waals surface area contributed by atoms with Crippen LogP contribution < -0.4 is 10.2 Å². The number of aromatic hydroxyl groups is 1. The number of nitro groups is 1. The molecule has 0 unspecified atom stereocenters. The number of benzene rings is 2. The summed E-state index contributed by atoms with van der Waals surface area (Å²) in [6.45, 7) is 0. The average Bonchev–Trinajstić information content (AvgIpc) is 2.62. The molecule has 0 aliphatic rings. The SMILES string of the molecule is COc1cc(/C=N\Nc2nncc3ccccc23)cc([N+](=O)[O-])c1O. The van der Waals surface area contributed by atoms with Crippen LogP contribution >= 0.6 is 0 Å². The maximum Gasteiger partial charge on any atom is 0.315 e. The Morgan fingerprint density at radius 1 is 1.36 bits per heavy atom. The summed E-state index contributed by atoms with van der Waals surface area (Å²) < 4.78 is 4.94. The molecule has 0 aliphatic heterocycles. The standard InChI is InChI=1S/C16H13N5O4/c1-25-14-7-10(6-13(15(14)22)21(23)24)8-17-19-16-12-5-3-2-4-11(12)9-18-20-16/h2-9,22H,1H3,(H,19,20)/b17-8-. The van der Waals surface area contributed by atoms with Crippen LogP contribution in [0.25, 0.3) is 10.8 Å². The highest BCUT2D eigenvalue weighted by Crippen LogP contribution is 2.36. The molecule has 1 heterocycles. The number of nitrogens with zero attached hydrogens (tertiary/aromatic N) is 4. The average molecular weight is 339 g/mol. The summed E-state index contributed by atoms with van der Waals surface area (Å²) in [5.74, 6) is -0.0901. The number of phenols is 1. The van der Waals surface area contributed by atoms with Crippen molar-refractivity contribution in [3.05, 3.63) is 58.3 Å². The second kappa shape index (κ2) is 6.79. The fourth-order valence-corrected chi connectivity index (χ4v) is 2.26. The quantitative estimate of drug-likeness (QED) is 0.416. The van der Waals surface area contributed by atoms with Gasteiger partial charge >= 0.3 is 5.69 Å². The smallest absolute Gasteiger partial charge is 0.315 e. The molecule has 9 nitrogen and oxygen atoms in total. The van der Waals surface area contributed by atoms with E-state index < -0.39 is 16.4 Å². The van der Waals surface area contributed by atoms with Gasteiger partial charge in [0.25, 0.3) is 0 Å². The van der Waals surface area contributed by atoms with E-state index in [1.165, 1.54) is 25.5 Å². The lowest BCUT2D eigenvalue weighted by Gasteiger charge is -2.05. The zero-order valence-electron chi connectivity index (χ0n) is 13.1. The van der Waals surface area contributed by atoms with E-state index >= 15 is 0 Å². The first-order valence-electron chi connectivity index (χ1n) is 7.15. The number of aromatic nitrogens is 2. The van der Waals surface area contributed by atoms with Crippen LogP contribution in [0.5, 0.6) is 11.5 Å². The summed E-state index contributed by atoms with van der Waals surface area (Å²) >= 11 is 0. The fourth-order valence-electron chi connectivity index (χ4n) is 2.26. The van der Waals surface area contributed by atoms with Crippen molar-refractivity contribution in [2.45, 2.75) is 0 Å². The number of methoxy groups -OCH3 is 1. The molecule has 0 atom stereocenters. The van der Waals surface area contributed by atoms with Crippen molar-refractivity contribution in [3.63, 3.8) is 0 Å². The molecular weight excluding hydrogens is 326 g/mol. The molecule has 0 aliphatic carbocycles. The number of phenolic OH excluding ortho intramolecular Hbond substituents is 1. The van der Waals surface area contributed by atoms with Crippen LogP contribution in [0.15, 0.2) is 47.7 Å². The van der Waals surface area contributed by atoms with Crippen molar-refractivity contribution in [2.75, 3.05) is 12.5 Å². The van der Waals surface area contributed by atoms with Gasteiger partial charge < -0.3 is 9.84 Å². The van der Waals surface area contributed by atoms with Crippen molar-refractivity contribution in [2.24, 2.45) is 5.10 Å². The minimum atomic E-state index is -0.696. The molecule has 0 fully saturated rings. The highest BCUT2D eigenvalue weighted by molar-refractivity contribution is 5.91.